The Kier molecular flexibility index (Phi) is 3.99. The minimum Gasteiger partial charge on any atom is -0.396 e. The zero-order valence-corrected chi connectivity index (χ0v) is 12.8. The minimum atomic E-state index is 0.251. The smallest absolute Gasteiger partial charge is 0.152 e. The summed E-state index contributed by atoms with van der Waals surface area (Å²) in [6, 6.07) is 12.5. The molecule has 1 fully saturated rings. The fraction of sp³-hybridized carbons (Fsp3) is 0.312. The molecule has 1 aromatic carbocycles. The molecule has 0 bridgehead atoms. The first-order valence-electron chi connectivity index (χ1n) is 7.06. The zero-order chi connectivity index (χ0) is 14.8. The van der Waals surface area contributed by atoms with Crippen molar-refractivity contribution in [1.29, 1.82) is 0 Å². The van der Waals surface area contributed by atoms with Crippen molar-refractivity contribution in [2.45, 2.75) is 6.04 Å². The predicted molar refractivity (Wildman–Crippen MR) is 87.7 cm³/mol. The van der Waals surface area contributed by atoms with E-state index in [1.165, 1.54) is 5.56 Å². The molecule has 1 atom stereocenters. The first kappa shape index (κ1) is 14.2. The monoisotopic (exact) mass is 302 g/mol. The lowest BCUT2D eigenvalue weighted by Gasteiger charge is -2.41. The van der Waals surface area contributed by atoms with Crippen LogP contribution in [-0.4, -0.2) is 36.6 Å². The van der Waals surface area contributed by atoms with Crippen LogP contribution in [0.3, 0.4) is 0 Å². The van der Waals surface area contributed by atoms with E-state index in [0.29, 0.717) is 10.7 Å². The Balaban J connectivity index is 1.98. The van der Waals surface area contributed by atoms with Gasteiger partial charge in [0.2, 0.25) is 0 Å². The third-order valence-corrected chi connectivity index (χ3v) is 4.11. The van der Waals surface area contributed by atoms with Gasteiger partial charge in [0, 0.05) is 25.8 Å². The van der Waals surface area contributed by atoms with Gasteiger partial charge in [-0.2, -0.15) is 0 Å². The lowest BCUT2D eigenvalue weighted by atomic mass is 10.0. The van der Waals surface area contributed by atoms with Gasteiger partial charge in [0.15, 0.2) is 5.82 Å². The topological polar surface area (TPSA) is 45.4 Å². The quantitative estimate of drug-likeness (QED) is 0.926. The molecule has 1 saturated heterocycles. The summed E-state index contributed by atoms with van der Waals surface area (Å²) >= 11 is 5.96. The van der Waals surface area contributed by atoms with Crippen LogP contribution in [0.1, 0.15) is 11.6 Å². The lowest BCUT2D eigenvalue weighted by molar-refractivity contribution is 0.268. The number of halogens is 1. The molecule has 3 rings (SSSR count). The van der Waals surface area contributed by atoms with Crippen LogP contribution >= 0.6 is 11.6 Å². The van der Waals surface area contributed by atoms with Crippen molar-refractivity contribution < 1.29 is 0 Å². The van der Waals surface area contributed by atoms with E-state index in [2.05, 4.69) is 46.1 Å². The summed E-state index contributed by atoms with van der Waals surface area (Å²) < 4.78 is 0. The van der Waals surface area contributed by atoms with Crippen LogP contribution in [0.25, 0.3) is 0 Å². The van der Waals surface area contributed by atoms with Crippen LogP contribution in [0.5, 0.6) is 0 Å². The molecule has 21 heavy (non-hydrogen) atoms. The maximum absolute atomic E-state index is 6.12. The van der Waals surface area contributed by atoms with Gasteiger partial charge in [0.05, 0.1) is 16.8 Å². The Bertz CT molecular complexity index is 617. The largest absolute Gasteiger partial charge is 0.396 e. The Morgan fingerprint density at radius 2 is 2.00 bits per heavy atom. The highest BCUT2D eigenvalue weighted by Crippen LogP contribution is 2.33. The van der Waals surface area contributed by atoms with E-state index >= 15 is 0 Å². The van der Waals surface area contributed by atoms with Crippen molar-refractivity contribution in [1.82, 2.24) is 9.88 Å². The van der Waals surface area contributed by atoms with Crippen molar-refractivity contribution in [3.05, 3.63) is 53.2 Å². The summed E-state index contributed by atoms with van der Waals surface area (Å²) in [4.78, 5) is 9.07. The molecule has 0 amide bonds. The molecular weight excluding hydrogens is 284 g/mol. The van der Waals surface area contributed by atoms with Gasteiger partial charge < -0.3 is 15.5 Å². The molecule has 0 aliphatic carbocycles. The van der Waals surface area contributed by atoms with Gasteiger partial charge in [-0.05, 0) is 18.7 Å². The summed E-state index contributed by atoms with van der Waals surface area (Å²) in [7, 11) is 2.14. The van der Waals surface area contributed by atoms with Crippen LogP contribution in [-0.2, 0) is 0 Å². The lowest BCUT2D eigenvalue weighted by Crippen LogP contribution is -2.47. The maximum Gasteiger partial charge on any atom is 0.152 e. The van der Waals surface area contributed by atoms with E-state index in [9.17, 15) is 0 Å². The van der Waals surface area contributed by atoms with Crippen molar-refractivity contribution in [3.63, 3.8) is 0 Å². The van der Waals surface area contributed by atoms with Gasteiger partial charge in [0.25, 0.3) is 0 Å². The number of rotatable bonds is 2. The number of hydrogen-bond donors (Lipinski definition) is 1. The van der Waals surface area contributed by atoms with Gasteiger partial charge in [-0.3, -0.25) is 0 Å². The molecule has 1 aliphatic heterocycles. The van der Waals surface area contributed by atoms with Crippen molar-refractivity contribution in [2.24, 2.45) is 0 Å². The number of hydrogen-bond acceptors (Lipinski definition) is 4. The van der Waals surface area contributed by atoms with Gasteiger partial charge in [0.1, 0.15) is 0 Å². The Morgan fingerprint density at radius 1 is 1.24 bits per heavy atom. The van der Waals surface area contributed by atoms with E-state index in [0.717, 1.165) is 25.5 Å². The second-order valence-electron chi connectivity index (χ2n) is 5.45. The number of nitrogens with two attached hydrogens (primary N) is 1. The van der Waals surface area contributed by atoms with Gasteiger partial charge in [-0.1, -0.05) is 41.9 Å². The molecule has 1 aromatic heterocycles. The number of aromatic nitrogens is 1. The second-order valence-corrected chi connectivity index (χ2v) is 5.88. The van der Waals surface area contributed by atoms with Gasteiger partial charge in [-0.15, -0.1) is 0 Å². The van der Waals surface area contributed by atoms with Crippen LogP contribution in [0.4, 0.5) is 11.5 Å². The van der Waals surface area contributed by atoms with E-state index in [1.807, 2.05) is 6.07 Å². The number of pyridine rings is 1. The zero-order valence-electron chi connectivity index (χ0n) is 12.0. The highest BCUT2D eigenvalue weighted by atomic mass is 35.5. The van der Waals surface area contributed by atoms with E-state index in [-0.39, 0.29) is 6.04 Å². The fourth-order valence-electron chi connectivity index (χ4n) is 2.82. The molecule has 2 N–H and O–H groups in total. The van der Waals surface area contributed by atoms with Crippen LogP contribution in [0.2, 0.25) is 5.02 Å². The molecule has 1 unspecified atom stereocenters. The summed E-state index contributed by atoms with van der Waals surface area (Å²) in [5, 5.41) is 0.571. The van der Waals surface area contributed by atoms with E-state index < -0.39 is 0 Å². The molecule has 110 valence electrons. The third-order valence-electron chi connectivity index (χ3n) is 3.90. The van der Waals surface area contributed by atoms with Crippen LogP contribution in [0, 0.1) is 0 Å². The fourth-order valence-corrected chi connectivity index (χ4v) is 2.99. The Hall–Kier alpha value is -1.78. The molecular formula is C16H19ClN4. The third kappa shape index (κ3) is 2.96. The number of nitrogen functional groups attached to an aromatic ring is 1. The maximum atomic E-state index is 6.12. The highest BCUT2D eigenvalue weighted by molar-refractivity contribution is 6.30. The normalized spacial score (nSPS) is 19.7. The summed E-state index contributed by atoms with van der Waals surface area (Å²) in [6.07, 6.45) is 1.66. The molecule has 4 nitrogen and oxygen atoms in total. The van der Waals surface area contributed by atoms with Crippen molar-refractivity contribution in [2.75, 3.05) is 37.3 Å². The average Bonchev–Trinajstić information content (AvgIpc) is 2.49. The number of likely N-dealkylation sites (N-methyl/N-ethyl adjacent to an activating group) is 1. The first-order chi connectivity index (χ1) is 10.1. The molecule has 0 radical (unpaired) electrons. The summed E-state index contributed by atoms with van der Waals surface area (Å²) in [5.74, 6) is 0.821. The standard InChI is InChI=1S/C16H19ClN4/c1-20-7-8-21(16-14(18)9-13(17)10-19-16)15(11-20)12-5-3-2-4-6-12/h2-6,9-10,15H,7-8,11,18H2,1H3. The Labute approximate surface area is 130 Å². The molecule has 5 heteroatoms. The number of anilines is 2. The number of nitrogens with zero attached hydrogens (tertiary/aromatic N) is 3. The predicted octanol–water partition coefficient (Wildman–Crippen LogP) is 2.81. The molecule has 2 heterocycles. The summed E-state index contributed by atoms with van der Waals surface area (Å²) in [5.41, 5.74) is 8.04. The minimum absolute atomic E-state index is 0.251. The average molecular weight is 303 g/mol. The molecule has 2 aromatic rings. The first-order valence-corrected chi connectivity index (χ1v) is 7.44. The van der Waals surface area contributed by atoms with Crippen LogP contribution in [0.15, 0.2) is 42.6 Å². The molecule has 1 aliphatic rings. The van der Waals surface area contributed by atoms with E-state index in [4.69, 9.17) is 17.3 Å². The number of benzene rings is 1. The number of piperazine rings is 1. The Morgan fingerprint density at radius 3 is 2.71 bits per heavy atom. The second kappa shape index (κ2) is 5.92. The van der Waals surface area contributed by atoms with E-state index in [1.54, 1.807) is 12.3 Å². The SMILES string of the molecule is CN1CCN(c2ncc(Cl)cc2N)C(c2ccccc2)C1. The van der Waals surface area contributed by atoms with Crippen molar-refractivity contribution >= 4 is 23.1 Å². The molecule has 0 spiro atoms. The van der Waals surface area contributed by atoms with Crippen molar-refractivity contribution in [3.8, 4) is 0 Å². The van der Waals surface area contributed by atoms with Gasteiger partial charge in [-0.25, -0.2) is 4.98 Å². The summed E-state index contributed by atoms with van der Waals surface area (Å²) in [6.45, 7) is 2.84. The van der Waals surface area contributed by atoms with Crippen LogP contribution < -0.4 is 10.6 Å². The molecule has 0 saturated carbocycles. The highest BCUT2D eigenvalue weighted by Gasteiger charge is 2.28. The van der Waals surface area contributed by atoms with Gasteiger partial charge >= 0.3 is 0 Å².